The van der Waals surface area contributed by atoms with E-state index in [-0.39, 0.29) is 5.28 Å². The van der Waals surface area contributed by atoms with Gasteiger partial charge in [-0.05, 0) is 29.8 Å². The molecular weight excluding hydrogens is 376 g/mol. The SMILES string of the molecule is Clc1nc(-c2cccc3c2sc2ccccc23)c2oc3ccccc3c2n1. The van der Waals surface area contributed by atoms with Gasteiger partial charge in [-0.25, -0.2) is 9.97 Å². The van der Waals surface area contributed by atoms with E-state index in [4.69, 9.17) is 16.0 Å². The zero-order chi connectivity index (χ0) is 18.0. The summed E-state index contributed by atoms with van der Waals surface area (Å²) in [5, 5.41) is 3.64. The van der Waals surface area contributed by atoms with Crippen molar-refractivity contribution in [3.05, 3.63) is 72.0 Å². The summed E-state index contributed by atoms with van der Waals surface area (Å²) in [6.07, 6.45) is 0. The highest BCUT2D eigenvalue weighted by molar-refractivity contribution is 7.26. The van der Waals surface area contributed by atoms with Gasteiger partial charge in [-0.15, -0.1) is 11.3 Å². The molecule has 0 atom stereocenters. The molecule has 0 saturated carbocycles. The van der Waals surface area contributed by atoms with E-state index in [0.29, 0.717) is 5.58 Å². The average molecular weight is 387 g/mol. The van der Waals surface area contributed by atoms with Gasteiger partial charge >= 0.3 is 0 Å². The number of hydrogen-bond donors (Lipinski definition) is 0. The van der Waals surface area contributed by atoms with Crippen molar-refractivity contribution in [2.45, 2.75) is 0 Å². The largest absolute Gasteiger partial charge is 0.452 e. The first-order valence-corrected chi connectivity index (χ1v) is 9.74. The van der Waals surface area contributed by atoms with Crippen LogP contribution < -0.4 is 0 Å². The average Bonchev–Trinajstić information content (AvgIpc) is 3.26. The van der Waals surface area contributed by atoms with Crippen molar-refractivity contribution >= 4 is 65.2 Å². The van der Waals surface area contributed by atoms with Crippen LogP contribution in [0, 0.1) is 0 Å². The number of para-hydroxylation sites is 1. The fourth-order valence-electron chi connectivity index (χ4n) is 3.68. The predicted molar refractivity (Wildman–Crippen MR) is 113 cm³/mol. The second kappa shape index (κ2) is 5.52. The van der Waals surface area contributed by atoms with Crippen LogP contribution in [0.1, 0.15) is 0 Å². The van der Waals surface area contributed by atoms with Gasteiger partial charge in [0.05, 0.1) is 0 Å². The van der Waals surface area contributed by atoms with Crippen LogP contribution >= 0.6 is 22.9 Å². The van der Waals surface area contributed by atoms with E-state index < -0.39 is 0 Å². The molecule has 3 aromatic carbocycles. The van der Waals surface area contributed by atoms with Gasteiger partial charge in [0.15, 0.2) is 5.58 Å². The lowest BCUT2D eigenvalue weighted by Crippen LogP contribution is -1.89. The summed E-state index contributed by atoms with van der Waals surface area (Å²) in [5.74, 6) is 0. The Hall–Kier alpha value is -2.95. The first-order chi connectivity index (χ1) is 13.3. The van der Waals surface area contributed by atoms with Crippen LogP contribution in [-0.2, 0) is 0 Å². The number of nitrogens with zero attached hydrogens (tertiary/aromatic N) is 2. The minimum absolute atomic E-state index is 0.224. The molecule has 5 heteroatoms. The topological polar surface area (TPSA) is 38.9 Å². The standard InChI is InChI=1S/C22H11ClN2OS/c23-22-24-18-14-7-1-3-10-16(14)26-20(18)19(25-22)15-9-5-8-13-12-6-2-4-11-17(12)27-21(13)15/h1-11H. The maximum atomic E-state index is 6.30. The van der Waals surface area contributed by atoms with Gasteiger partial charge in [0, 0.05) is 31.1 Å². The molecule has 3 heterocycles. The molecule has 128 valence electrons. The summed E-state index contributed by atoms with van der Waals surface area (Å²) >= 11 is 8.06. The van der Waals surface area contributed by atoms with Crippen molar-refractivity contribution in [2.75, 3.05) is 0 Å². The Bertz CT molecular complexity index is 1500. The van der Waals surface area contributed by atoms with Gasteiger partial charge in [-0.1, -0.05) is 48.5 Å². The second-order valence-corrected chi connectivity index (χ2v) is 7.79. The quantitative estimate of drug-likeness (QED) is 0.284. The molecule has 6 aromatic rings. The normalized spacial score (nSPS) is 11.9. The van der Waals surface area contributed by atoms with E-state index in [2.05, 4.69) is 52.4 Å². The van der Waals surface area contributed by atoms with E-state index in [1.165, 1.54) is 20.2 Å². The van der Waals surface area contributed by atoms with Crippen molar-refractivity contribution in [2.24, 2.45) is 0 Å². The van der Waals surface area contributed by atoms with Crippen LogP contribution in [0.2, 0.25) is 5.28 Å². The summed E-state index contributed by atoms with van der Waals surface area (Å²) in [7, 11) is 0. The van der Waals surface area contributed by atoms with Crippen molar-refractivity contribution in [3.63, 3.8) is 0 Å². The summed E-state index contributed by atoms with van der Waals surface area (Å²) in [5.41, 5.74) is 3.96. The molecule has 0 aliphatic heterocycles. The van der Waals surface area contributed by atoms with Gasteiger partial charge in [0.2, 0.25) is 5.28 Å². The third-order valence-electron chi connectivity index (χ3n) is 4.85. The van der Waals surface area contributed by atoms with Crippen LogP contribution in [0.15, 0.2) is 71.1 Å². The molecule has 27 heavy (non-hydrogen) atoms. The minimum Gasteiger partial charge on any atom is -0.452 e. The maximum absolute atomic E-state index is 6.30. The van der Waals surface area contributed by atoms with Crippen LogP contribution in [0.4, 0.5) is 0 Å². The molecule has 0 N–H and O–H groups in total. The van der Waals surface area contributed by atoms with E-state index in [9.17, 15) is 0 Å². The van der Waals surface area contributed by atoms with Gasteiger partial charge in [0.1, 0.15) is 16.8 Å². The third-order valence-corrected chi connectivity index (χ3v) is 6.24. The molecule has 0 fully saturated rings. The van der Waals surface area contributed by atoms with Crippen LogP contribution in [0.5, 0.6) is 0 Å². The van der Waals surface area contributed by atoms with E-state index in [0.717, 1.165) is 27.7 Å². The highest BCUT2D eigenvalue weighted by atomic mass is 35.5. The molecule has 0 radical (unpaired) electrons. The number of furan rings is 1. The fraction of sp³-hybridized carbons (Fsp3) is 0. The lowest BCUT2D eigenvalue weighted by atomic mass is 10.1. The van der Waals surface area contributed by atoms with Crippen molar-refractivity contribution in [1.82, 2.24) is 9.97 Å². The summed E-state index contributed by atoms with van der Waals surface area (Å²) in [6, 6.07) is 22.6. The number of fused-ring (bicyclic) bond motifs is 6. The summed E-state index contributed by atoms with van der Waals surface area (Å²) < 4.78 is 8.56. The van der Waals surface area contributed by atoms with Crippen LogP contribution in [-0.4, -0.2) is 9.97 Å². The molecule has 0 aliphatic rings. The minimum atomic E-state index is 0.224. The molecule has 0 unspecified atom stereocenters. The molecule has 6 rings (SSSR count). The van der Waals surface area contributed by atoms with Gasteiger partial charge in [-0.2, -0.15) is 0 Å². The lowest BCUT2D eigenvalue weighted by Gasteiger charge is -2.04. The smallest absolute Gasteiger partial charge is 0.223 e. The summed E-state index contributed by atoms with van der Waals surface area (Å²) in [4.78, 5) is 8.99. The molecule has 0 bridgehead atoms. The van der Waals surface area contributed by atoms with Crippen LogP contribution in [0.3, 0.4) is 0 Å². The number of thiophene rings is 1. The van der Waals surface area contributed by atoms with Crippen molar-refractivity contribution < 1.29 is 4.42 Å². The van der Waals surface area contributed by atoms with Gasteiger partial charge in [0.25, 0.3) is 0 Å². The highest BCUT2D eigenvalue weighted by Crippen LogP contribution is 2.42. The maximum Gasteiger partial charge on any atom is 0.223 e. The van der Waals surface area contributed by atoms with Gasteiger partial charge in [-0.3, -0.25) is 0 Å². The fourth-order valence-corrected chi connectivity index (χ4v) is 5.07. The summed E-state index contributed by atoms with van der Waals surface area (Å²) in [6.45, 7) is 0. The lowest BCUT2D eigenvalue weighted by molar-refractivity contribution is 0.667. The van der Waals surface area contributed by atoms with Crippen molar-refractivity contribution in [3.8, 4) is 11.3 Å². The second-order valence-electron chi connectivity index (χ2n) is 6.40. The van der Waals surface area contributed by atoms with Gasteiger partial charge < -0.3 is 4.42 Å². The Morgan fingerprint density at radius 2 is 1.56 bits per heavy atom. The van der Waals surface area contributed by atoms with Crippen LogP contribution in [0.25, 0.3) is 53.5 Å². The zero-order valence-corrected chi connectivity index (χ0v) is 15.5. The van der Waals surface area contributed by atoms with E-state index in [1.807, 2.05) is 24.3 Å². The van der Waals surface area contributed by atoms with E-state index >= 15 is 0 Å². The number of benzene rings is 3. The Balaban J connectivity index is 1.78. The Morgan fingerprint density at radius 3 is 2.48 bits per heavy atom. The Kier molecular flexibility index (Phi) is 3.10. The molecule has 0 amide bonds. The third kappa shape index (κ3) is 2.14. The molecule has 3 nitrogen and oxygen atoms in total. The Labute approximate surface area is 162 Å². The molecule has 0 aliphatic carbocycles. The molecule has 0 saturated heterocycles. The number of rotatable bonds is 1. The number of aromatic nitrogens is 2. The first-order valence-electron chi connectivity index (χ1n) is 8.55. The predicted octanol–water partition coefficient (Wildman–Crippen LogP) is 7.06. The molecular formula is C22H11ClN2OS. The zero-order valence-electron chi connectivity index (χ0n) is 13.9. The monoisotopic (exact) mass is 386 g/mol. The first kappa shape index (κ1) is 15.1. The number of halogens is 1. The highest BCUT2D eigenvalue weighted by Gasteiger charge is 2.19. The van der Waals surface area contributed by atoms with Crippen molar-refractivity contribution in [1.29, 1.82) is 0 Å². The molecule has 0 spiro atoms. The molecule has 3 aromatic heterocycles. The number of hydrogen-bond acceptors (Lipinski definition) is 4. The Morgan fingerprint density at radius 1 is 0.778 bits per heavy atom. The van der Waals surface area contributed by atoms with E-state index in [1.54, 1.807) is 11.3 Å².